The van der Waals surface area contributed by atoms with Crippen LogP contribution in [0.4, 0.5) is 0 Å². The number of ketones is 1. The van der Waals surface area contributed by atoms with Crippen molar-refractivity contribution < 1.29 is 23.9 Å². The Bertz CT molecular complexity index is 548. The van der Waals surface area contributed by atoms with Gasteiger partial charge in [0.25, 0.3) is 0 Å². The van der Waals surface area contributed by atoms with E-state index in [-0.39, 0.29) is 5.78 Å². The van der Waals surface area contributed by atoms with Crippen LogP contribution in [0, 0.1) is 17.3 Å². The fourth-order valence-electron chi connectivity index (χ4n) is 3.38. The van der Waals surface area contributed by atoms with Crippen molar-refractivity contribution in [3.05, 3.63) is 12.2 Å². The van der Waals surface area contributed by atoms with Crippen molar-refractivity contribution in [2.75, 3.05) is 0 Å². The van der Waals surface area contributed by atoms with E-state index >= 15 is 0 Å². The Morgan fingerprint density at radius 2 is 1.50 bits per heavy atom. The van der Waals surface area contributed by atoms with Gasteiger partial charge >= 0.3 is 11.9 Å². The van der Waals surface area contributed by atoms with Crippen molar-refractivity contribution >= 4 is 17.7 Å². The molecule has 0 aromatic heterocycles. The zero-order chi connectivity index (χ0) is 18.3. The van der Waals surface area contributed by atoms with Crippen LogP contribution in [0.15, 0.2) is 12.2 Å². The first kappa shape index (κ1) is 18.7. The second kappa shape index (κ2) is 6.01. The molecule has 24 heavy (non-hydrogen) atoms. The number of hydrogen-bond donors (Lipinski definition) is 0. The average Bonchev–Trinajstić information content (AvgIpc) is 2.95. The van der Waals surface area contributed by atoms with Crippen LogP contribution in [0.25, 0.3) is 0 Å². The Labute approximate surface area is 143 Å². The summed E-state index contributed by atoms with van der Waals surface area (Å²) in [4.78, 5) is 38.3. The number of allylic oxidation sites excluding steroid dienone is 2. The van der Waals surface area contributed by atoms with Gasteiger partial charge in [-0.05, 0) is 66.7 Å². The lowest BCUT2D eigenvalue weighted by molar-refractivity contribution is -0.177. The zero-order valence-electron chi connectivity index (χ0n) is 15.5. The van der Waals surface area contributed by atoms with Gasteiger partial charge in [0.1, 0.15) is 11.2 Å². The lowest BCUT2D eigenvalue weighted by Gasteiger charge is -2.30. The highest BCUT2D eigenvalue weighted by Gasteiger charge is 2.53. The Hall–Kier alpha value is -1.65. The molecule has 0 aliphatic heterocycles. The van der Waals surface area contributed by atoms with Crippen LogP contribution in [-0.4, -0.2) is 28.9 Å². The summed E-state index contributed by atoms with van der Waals surface area (Å²) in [6.07, 6.45) is 6.15. The van der Waals surface area contributed by atoms with E-state index in [0.29, 0.717) is 18.8 Å². The van der Waals surface area contributed by atoms with E-state index in [1.807, 2.05) is 12.2 Å². The molecule has 0 spiro atoms. The fraction of sp³-hybridized carbons (Fsp3) is 0.737. The Morgan fingerprint density at radius 3 is 1.79 bits per heavy atom. The van der Waals surface area contributed by atoms with E-state index in [2.05, 4.69) is 0 Å². The topological polar surface area (TPSA) is 69.7 Å². The van der Waals surface area contributed by atoms with E-state index in [0.717, 1.165) is 6.42 Å². The summed E-state index contributed by atoms with van der Waals surface area (Å²) in [6.45, 7) is 10.3. The van der Waals surface area contributed by atoms with Gasteiger partial charge in [-0.3, -0.25) is 14.4 Å². The summed E-state index contributed by atoms with van der Waals surface area (Å²) in [7, 11) is 0. The predicted octanol–water partition coefficient (Wildman–Crippen LogP) is 3.21. The minimum Gasteiger partial charge on any atom is -0.459 e. The summed E-state index contributed by atoms with van der Waals surface area (Å²) >= 11 is 0. The molecule has 5 heteroatoms. The molecule has 0 saturated heterocycles. The van der Waals surface area contributed by atoms with Crippen molar-refractivity contribution in [2.24, 2.45) is 17.3 Å². The van der Waals surface area contributed by atoms with E-state index in [9.17, 15) is 14.4 Å². The molecular weight excluding hydrogens is 308 g/mol. The molecule has 2 unspecified atom stereocenters. The lowest BCUT2D eigenvalue weighted by atomic mass is 9.77. The van der Waals surface area contributed by atoms with Crippen LogP contribution in [0.1, 0.15) is 60.8 Å². The molecule has 1 fully saturated rings. The van der Waals surface area contributed by atoms with Gasteiger partial charge in [0.05, 0.1) is 0 Å². The largest absolute Gasteiger partial charge is 0.459 e. The molecule has 2 aliphatic rings. The maximum atomic E-state index is 13.1. The minimum atomic E-state index is -1.52. The Kier molecular flexibility index (Phi) is 4.68. The molecule has 2 atom stereocenters. The number of ether oxygens (including phenoxy) is 2. The quantitative estimate of drug-likeness (QED) is 0.448. The fourth-order valence-corrected chi connectivity index (χ4v) is 3.38. The SMILES string of the molecule is CC(C)(C)OC(=O)C(C(=O)OC(C)(C)C)C(=O)C12C=CC(CC1)C2. The van der Waals surface area contributed by atoms with Gasteiger partial charge in [-0.15, -0.1) is 0 Å². The highest BCUT2D eigenvalue weighted by Crippen LogP contribution is 2.51. The number of carbonyl (C=O) groups excluding carboxylic acids is 3. The highest BCUT2D eigenvalue weighted by molar-refractivity contribution is 6.17. The van der Waals surface area contributed by atoms with E-state index < -0.39 is 34.5 Å². The Morgan fingerprint density at radius 1 is 1.00 bits per heavy atom. The lowest BCUT2D eigenvalue weighted by Crippen LogP contribution is -2.45. The van der Waals surface area contributed by atoms with Gasteiger partial charge in [0.2, 0.25) is 5.92 Å². The van der Waals surface area contributed by atoms with Gasteiger partial charge in [0, 0.05) is 5.41 Å². The highest BCUT2D eigenvalue weighted by atomic mass is 16.6. The van der Waals surface area contributed by atoms with Crippen molar-refractivity contribution in [3.63, 3.8) is 0 Å². The molecule has 2 bridgehead atoms. The van der Waals surface area contributed by atoms with Crippen molar-refractivity contribution in [1.82, 2.24) is 0 Å². The second-order valence-electron chi connectivity index (χ2n) is 8.88. The number of rotatable bonds is 4. The molecule has 134 valence electrons. The second-order valence-corrected chi connectivity index (χ2v) is 8.88. The van der Waals surface area contributed by atoms with E-state index in [1.54, 1.807) is 41.5 Å². The number of esters is 2. The van der Waals surface area contributed by atoms with Gasteiger partial charge in [-0.1, -0.05) is 12.2 Å². The molecule has 1 saturated carbocycles. The first-order chi connectivity index (χ1) is 10.8. The molecule has 2 aliphatic carbocycles. The van der Waals surface area contributed by atoms with Crippen molar-refractivity contribution in [2.45, 2.75) is 72.0 Å². The number of Topliss-reactive ketones (excluding diaryl/α,β-unsaturated/α-hetero) is 1. The summed E-state index contributed by atoms with van der Waals surface area (Å²) in [5, 5.41) is 0. The first-order valence-electron chi connectivity index (χ1n) is 8.52. The smallest absolute Gasteiger partial charge is 0.328 e. The predicted molar refractivity (Wildman–Crippen MR) is 89.1 cm³/mol. The van der Waals surface area contributed by atoms with Gasteiger partial charge < -0.3 is 9.47 Å². The van der Waals surface area contributed by atoms with E-state index in [1.165, 1.54) is 0 Å². The monoisotopic (exact) mass is 336 g/mol. The summed E-state index contributed by atoms with van der Waals surface area (Å²) in [6, 6.07) is 0. The number of carbonyl (C=O) groups is 3. The third kappa shape index (κ3) is 4.05. The summed E-state index contributed by atoms with van der Waals surface area (Å²) in [5.74, 6) is -3.18. The number of fused-ring (bicyclic) bond motifs is 2. The van der Waals surface area contributed by atoms with Crippen LogP contribution in [0.2, 0.25) is 0 Å². The third-order valence-electron chi connectivity index (χ3n) is 4.31. The molecular formula is C19H28O5. The van der Waals surface area contributed by atoms with Crippen LogP contribution < -0.4 is 0 Å². The van der Waals surface area contributed by atoms with Crippen molar-refractivity contribution in [3.8, 4) is 0 Å². The average molecular weight is 336 g/mol. The zero-order valence-corrected chi connectivity index (χ0v) is 15.5. The maximum Gasteiger partial charge on any atom is 0.328 e. The van der Waals surface area contributed by atoms with Crippen LogP contribution in [-0.2, 0) is 23.9 Å². The molecule has 0 amide bonds. The molecule has 0 N–H and O–H groups in total. The standard InChI is InChI=1S/C19H28O5/c1-17(2,3)23-15(21)13(16(22)24-18(4,5)6)14(20)19-9-7-12(11-19)8-10-19/h7,9,12-13H,8,10-11H2,1-6H3. The maximum absolute atomic E-state index is 13.1. The molecule has 0 aromatic rings. The van der Waals surface area contributed by atoms with Crippen LogP contribution >= 0.6 is 0 Å². The van der Waals surface area contributed by atoms with E-state index in [4.69, 9.17) is 9.47 Å². The molecule has 5 nitrogen and oxygen atoms in total. The molecule has 0 heterocycles. The number of hydrogen-bond acceptors (Lipinski definition) is 5. The van der Waals surface area contributed by atoms with Gasteiger partial charge in [0.15, 0.2) is 5.78 Å². The van der Waals surface area contributed by atoms with Crippen molar-refractivity contribution in [1.29, 1.82) is 0 Å². The molecule has 0 radical (unpaired) electrons. The Balaban J connectivity index is 2.28. The van der Waals surface area contributed by atoms with Crippen LogP contribution in [0.5, 0.6) is 0 Å². The first-order valence-corrected chi connectivity index (χ1v) is 8.52. The minimum absolute atomic E-state index is 0.367. The summed E-state index contributed by atoms with van der Waals surface area (Å²) < 4.78 is 10.7. The van der Waals surface area contributed by atoms with Gasteiger partial charge in [-0.25, -0.2) is 0 Å². The normalized spacial score (nSPS) is 25.9. The van der Waals surface area contributed by atoms with Gasteiger partial charge in [-0.2, -0.15) is 0 Å². The summed E-state index contributed by atoms with van der Waals surface area (Å²) in [5.41, 5.74) is -2.28. The third-order valence-corrected chi connectivity index (χ3v) is 4.31. The molecule has 0 aromatic carbocycles. The molecule has 2 rings (SSSR count). The van der Waals surface area contributed by atoms with Crippen LogP contribution in [0.3, 0.4) is 0 Å².